The summed E-state index contributed by atoms with van der Waals surface area (Å²) in [6.07, 6.45) is 1.66. The zero-order valence-corrected chi connectivity index (χ0v) is 13.0. The first-order valence-electron chi connectivity index (χ1n) is 7.40. The fraction of sp³-hybridized carbons (Fsp3) is 0.211. The van der Waals surface area contributed by atoms with Gasteiger partial charge < -0.3 is 4.74 Å². The van der Waals surface area contributed by atoms with Gasteiger partial charge in [0.2, 0.25) is 0 Å². The molecule has 22 heavy (non-hydrogen) atoms. The van der Waals surface area contributed by atoms with Crippen molar-refractivity contribution in [2.75, 3.05) is 12.5 Å². The van der Waals surface area contributed by atoms with Crippen LogP contribution in [-0.4, -0.2) is 18.5 Å². The summed E-state index contributed by atoms with van der Waals surface area (Å²) in [6, 6.07) is 19.1. The van der Waals surface area contributed by atoms with Crippen molar-refractivity contribution in [1.29, 1.82) is 0 Å². The maximum atomic E-state index is 11.1. The van der Waals surface area contributed by atoms with Gasteiger partial charge in [-0.25, -0.2) is 0 Å². The number of alkyl halides is 1. The molecule has 112 valence electrons. The Morgan fingerprint density at radius 1 is 0.955 bits per heavy atom. The van der Waals surface area contributed by atoms with Gasteiger partial charge in [0.15, 0.2) is 0 Å². The third-order valence-electron chi connectivity index (χ3n) is 3.83. The zero-order valence-electron chi connectivity index (χ0n) is 12.2. The molecule has 0 aliphatic heterocycles. The highest BCUT2D eigenvalue weighted by molar-refractivity contribution is 6.26. The maximum Gasteiger partial charge on any atom is 0.320 e. The lowest BCUT2D eigenvalue weighted by atomic mass is 9.94. The quantitative estimate of drug-likeness (QED) is 0.295. The minimum absolute atomic E-state index is 0.0861. The summed E-state index contributed by atoms with van der Waals surface area (Å²) in [7, 11) is 0. The van der Waals surface area contributed by atoms with Gasteiger partial charge in [0.05, 0.1) is 6.61 Å². The Bertz CT molecular complexity index is 757. The fourth-order valence-electron chi connectivity index (χ4n) is 2.85. The van der Waals surface area contributed by atoms with Crippen molar-refractivity contribution in [2.24, 2.45) is 0 Å². The Kier molecular flexibility index (Phi) is 4.59. The number of ether oxygens (including phenoxy) is 1. The third-order valence-corrected chi connectivity index (χ3v) is 4.04. The molecule has 2 nitrogen and oxygen atoms in total. The monoisotopic (exact) mass is 312 g/mol. The first kappa shape index (κ1) is 14.9. The standard InChI is InChI=1S/C19H17ClO2/c20-13-19(21)22-11-5-10-18-16-8-3-1-6-14(16)12-15-7-2-4-9-17(15)18/h1-4,6-9,12H,5,10-11,13H2. The van der Waals surface area contributed by atoms with Crippen LogP contribution in [0.5, 0.6) is 0 Å². The van der Waals surface area contributed by atoms with Crippen LogP contribution in [0.1, 0.15) is 12.0 Å². The number of aryl methyl sites for hydroxylation is 1. The molecule has 3 aromatic carbocycles. The molecule has 3 aromatic rings. The first-order valence-corrected chi connectivity index (χ1v) is 7.94. The van der Waals surface area contributed by atoms with Crippen molar-refractivity contribution in [3.63, 3.8) is 0 Å². The second kappa shape index (κ2) is 6.80. The molecule has 0 aliphatic carbocycles. The van der Waals surface area contributed by atoms with Gasteiger partial charge >= 0.3 is 5.97 Å². The van der Waals surface area contributed by atoms with Gasteiger partial charge in [-0.15, -0.1) is 11.6 Å². The number of benzene rings is 3. The Labute approximate surface area is 134 Å². The van der Waals surface area contributed by atoms with Crippen LogP contribution in [0.3, 0.4) is 0 Å². The highest BCUT2D eigenvalue weighted by Crippen LogP contribution is 2.29. The van der Waals surface area contributed by atoms with E-state index in [4.69, 9.17) is 16.3 Å². The van der Waals surface area contributed by atoms with E-state index in [0.717, 1.165) is 12.8 Å². The van der Waals surface area contributed by atoms with Crippen molar-refractivity contribution < 1.29 is 9.53 Å². The Morgan fingerprint density at radius 2 is 1.55 bits per heavy atom. The first-order chi connectivity index (χ1) is 10.8. The number of hydrogen-bond donors (Lipinski definition) is 0. The molecule has 0 radical (unpaired) electrons. The highest BCUT2D eigenvalue weighted by Gasteiger charge is 2.07. The molecule has 3 rings (SSSR count). The van der Waals surface area contributed by atoms with E-state index >= 15 is 0 Å². The molecule has 0 atom stereocenters. The van der Waals surface area contributed by atoms with Crippen molar-refractivity contribution >= 4 is 39.1 Å². The predicted octanol–water partition coefficient (Wildman–Crippen LogP) is 4.71. The van der Waals surface area contributed by atoms with Gasteiger partial charge in [0.1, 0.15) is 5.88 Å². The van der Waals surface area contributed by atoms with Crippen LogP contribution in [0.2, 0.25) is 0 Å². The van der Waals surface area contributed by atoms with Gasteiger partial charge in [0.25, 0.3) is 0 Å². The molecule has 0 saturated heterocycles. The third kappa shape index (κ3) is 3.07. The van der Waals surface area contributed by atoms with E-state index in [1.807, 2.05) is 0 Å². The molecule has 0 heterocycles. The predicted molar refractivity (Wildman–Crippen MR) is 91.5 cm³/mol. The van der Waals surface area contributed by atoms with Crippen LogP contribution in [0.25, 0.3) is 21.5 Å². The average molecular weight is 313 g/mol. The molecule has 0 aromatic heterocycles. The van der Waals surface area contributed by atoms with E-state index in [1.165, 1.54) is 27.1 Å². The second-order valence-corrected chi connectivity index (χ2v) is 5.52. The number of rotatable bonds is 5. The van der Waals surface area contributed by atoms with Crippen molar-refractivity contribution in [3.8, 4) is 0 Å². The largest absolute Gasteiger partial charge is 0.465 e. The molecule has 0 bridgehead atoms. The van der Waals surface area contributed by atoms with Gasteiger partial charge in [-0.2, -0.15) is 0 Å². The van der Waals surface area contributed by atoms with E-state index in [2.05, 4.69) is 54.6 Å². The number of halogens is 1. The summed E-state index contributed by atoms with van der Waals surface area (Å²) in [4.78, 5) is 11.1. The van der Waals surface area contributed by atoms with Crippen LogP contribution in [-0.2, 0) is 16.0 Å². The second-order valence-electron chi connectivity index (χ2n) is 5.26. The van der Waals surface area contributed by atoms with Crippen LogP contribution < -0.4 is 0 Å². The van der Waals surface area contributed by atoms with E-state index in [9.17, 15) is 4.79 Å². The molecule has 0 aliphatic rings. The van der Waals surface area contributed by atoms with Crippen LogP contribution >= 0.6 is 11.6 Å². The summed E-state index contributed by atoms with van der Waals surface area (Å²) >= 11 is 5.43. The van der Waals surface area contributed by atoms with Crippen LogP contribution in [0.4, 0.5) is 0 Å². The Balaban J connectivity index is 1.92. The molecular formula is C19H17ClO2. The maximum absolute atomic E-state index is 11.1. The SMILES string of the molecule is O=C(CCl)OCCCc1c2ccccc2cc2ccccc12. The number of fused-ring (bicyclic) bond motifs is 2. The van der Waals surface area contributed by atoms with Gasteiger partial charge in [-0.1, -0.05) is 48.5 Å². The molecule has 0 unspecified atom stereocenters. The summed E-state index contributed by atoms with van der Waals surface area (Å²) < 4.78 is 5.07. The number of carbonyl (C=O) groups is 1. The molecule has 0 N–H and O–H groups in total. The van der Waals surface area contributed by atoms with Crippen molar-refractivity contribution in [2.45, 2.75) is 12.8 Å². The zero-order chi connectivity index (χ0) is 15.4. The molecule has 3 heteroatoms. The lowest BCUT2D eigenvalue weighted by Gasteiger charge is -2.11. The topological polar surface area (TPSA) is 26.3 Å². The summed E-state index contributed by atoms with van der Waals surface area (Å²) in [5, 5.41) is 5.03. The highest BCUT2D eigenvalue weighted by atomic mass is 35.5. The Hall–Kier alpha value is -2.06. The molecular weight excluding hydrogens is 296 g/mol. The fourth-order valence-corrected chi connectivity index (χ4v) is 2.93. The van der Waals surface area contributed by atoms with Gasteiger partial charge in [-0.05, 0) is 46.0 Å². The average Bonchev–Trinajstić information content (AvgIpc) is 2.57. The minimum atomic E-state index is -0.357. The number of hydrogen-bond acceptors (Lipinski definition) is 2. The molecule has 0 amide bonds. The Morgan fingerprint density at radius 3 is 2.14 bits per heavy atom. The van der Waals surface area contributed by atoms with E-state index in [-0.39, 0.29) is 11.8 Å². The summed E-state index contributed by atoms with van der Waals surface area (Å²) in [5.74, 6) is -0.443. The van der Waals surface area contributed by atoms with Crippen LogP contribution in [0.15, 0.2) is 54.6 Å². The van der Waals surface area contributed by atoms with Gasteiger partial charge in [0, 0.05) is 0 Å². The van der Waals surface area contributed by atoms with Crippen molar-refractivity contribution in [1.82, 2.24) is 0 Å². The molecule has 0 fully saturated rings. The summed E-state index contributed by atoms with van der Waals surface area (Å²) in [5.41, 5.74) is 1.32. The van der Waals surface area contributed by atoms with E-state index < -0.39 is 0 Å². The number of carbonyl (C=O) groups excluding carboxylic acids is 1. The molecule has 0 spiro atoms. The van der Waals surface area contributed by atoms with Crippen molar-refractivity contribution in [3.05, 3.63) is 60.2 Å². The van der Waals surface area contributed by atoms with E-state index in [1.54, 1.807) is 0 Å². The lowest BCUT2D eigenvalue weighted by Crippen LogP contribution is -2.07. The number of esters is 1. The minimum Gasteiger partial charge on any atom is -0.465 e. The summed E-state index contributed by atoms with van der Waals surface area (Å²) in [6.45, 7) is 0.406. The normalized spacial score (nSPS) is 11.0. The van der Waals surface area contributed by atoms with Crippen LogP contribution in [0, 0.1) is 0 Å². The smallest absolute Gasteiger partial charge is 0.320 e. The van der Waals surface area contributed by atoms with E-state index in [0.29, 0.717) is 6.61 Å². The van der Waals surface area contributed by atoms with Gasteiger partial charge in [-0.3, -0.25) is 4.79 Å². The molecule has 0 saturated carbocycles. The lowest BCUT2D eigenvalue weighted by molar-refractivity contribution is -0.140.